The SMILES string of the molecule is COC(=O)CCNC(=O)c1cnn2c(-c3ccccc3)ccnc12. The molecule has 1 aromatic carbocycles. The zero-order valence-corrected chi connectivity index (χ0v) is 13.1. The molecule has 0 saturated heterocycles. The molecule has 1 amide bonds. The van der Waals surface area contributed by atoms with Crippen LogP contribution in [0.15, 0.2) is 48.8 Å². The van der Waals surface area contributed by atoms with Gasteiger partial charge in [0.1, 0.15) is 5.56 Å². The van der Waals surface area contributed by atoms with Crippen LogP contribution in [0, 0.1) is 0 Å². The Labute approximate surface area is 138 Å². The molecule has 7 nitrogen and oxygen atoms in total. The molecular formula is C17H16N4O3. The number of benzene rings is 1. The minimum absolute atomic E-state index is 0.115. The molecule has 24 heavy (non-hydrogen) atoms. The summed E-state index contributed by atoms with van der Waals surface area (Å²) < 4.78 is 6.17. The molecule has 3 rings (SSSR count). The number of rotatable bonds is 5. The Hall–Kier alpha value is -3.22. The first-order valence-electron chi connectivity index (χ1n) is 7.44. The van der Waals surface area contributed by atoms with Gasteiger partial charge in [0.2, 0.25) is 0 Å². The molecule has 0 bridgehead atoms. The number of hydrogen-bond acceptors (Lipinski definition) is 5. The molecule has 1 N–H and O–H groups in total. The third-order valence-corrected chi connectivity index (χ3v) is 3.56. The summed E-state index contributed by atoms with van der Waals surface area (Å²) in [6.45, 7) is 0.196. The molecule has 0 atom stereocenters. The summed E-state index contributed by atoms with van der Waals surface area (Å²) in [5, 5.41) is 6.95. The van der Waals surface area contributed by atoms with Crippen LogP contribution in [-0.2, 0) is 9.53 Å². The maximum Gasteiger partial charge on any atom is 0.307 e. The number of nitrogens with one attached hydrogen (secondary N) is 1. The van der Waals surface area contributed by atoms with Gasteiger partial charge in [0.15, 0.2) is 5.65 Å². The van der Waals surface area contributed by atoms with Crippen molar-refractivity contribution in [3.8, 4) is 11.3 Å². The third-order valence-electron chi connectivity index (χ3n) is 3.56. The first kappa shape index (κ1) is 15.7. The van der Waals surface area contributed by atoms with Gasteiger partial charge < -0.3 is 10.1 Å². The van der Waals surface area contributed by atoms with E-state index in [0.717, 1.165) is 11.3 Å². The highest BCUT2D eigenvalue weighted by Gasteiger charge is 2.16. The van der Waals surface area contributed by atoms with E-state index in [1.165, 1.54) is 13.3 Å². The predicted octanol–water partition coefficient (Wildman–Crippen LogP) is 1.69. The normalized spacial score (nSPS) is 10.5. The van der Waals surface area contributed by atoms with Gasteiger partial charge in [-0.05, 0) is 6.07 Å². The molecular weight excluding hydrogens is 308 g/mol. The van der Waals surface area contributed by atoms with Gasteiger partial charge in [0.25, 0.3) is 5.91 Å². The number of amides is 1. The fourth-order valence-electron chi connectivity index (χ4n) is 2.35. The number of methoxy groups -OCH3 is 1. The summed E-state index contributed by atoms with van der Waals surface area (Å²) in [5.74, 6) is -0.703. The van der Waals surface area contributed by atoms with Crippen molar-refractivity contribution in [3.63, 3.8) is 0 Å². The number of carbonyl (C=O) groups excluding carboxylic acids is 2. The van der Waals surface area contributed by atoms with Crippen molar-refractivity contribution in [2.45, 2.75) is 6.42 Å². The van der Waals surface area contributed by atoms with E-state index in [9.17, 15) is 9.59 Å². The fourth-order valence-corrected chi connectivity index (χ4v) is 2.35. The standard InChI is InChI=1S/C17H16N4O3/c1-24-15(22)8-10-19-17(23)13-11-20-21-14(7-9-18-16(13)21)12-5-3-2-4-6-12/h2-7,9,11H,8,10H2,1H3,(H,19,23). The van der Waals surface area contributed by atoms with Gasteiger partial charge in [-0.1, -0.05) is 30.3 Å². The Morgan fingerprint density at radius 3 is 2.75 bits per heavy atom. The van der Waals surface area contributed by atoms with Gasteiger partial charge >= 0.3 is 5.97 Å². The summed E-state index contributed by atoms with van der Waals surface area (Å²) in [5.41, 5.74) is 2.64. The van der Waals surface area contributed by atoms with E-state index < -0.39 is 0 Å². The van der Waals surface area contributed by atoms with Crippen LogP contribution >= 0.6 is 0 Å². The van der Waals surface area contributed by atoms with Gasteiger partial charge in [-0.2, -0.15) is 5.10 Å². The predicted molar refractivity (Wildman–Crippen MR) is 87.4 cm³/mol. The third kappa shape index (κ3) is 3.10. The number of hydrogen-bond donors (Lipinski definition) is 1. The lowest BCUT2D eigenvalue weighted by molar-refractivity contribution is -0.140. The minimum Gasteiger partial charge on any atom is -0.469 e. The van der Waals surface area contributed by atoms with Gasteiger partial charge in [0, 0.05) is 18.3 Å². The topological polar surface area (TPSA) is 85.6 Å². The second kappa shape index (κ2) is 6.91. The molecule has 122 valence electrons. The summed E-state index contributed by atoms with van der Waals surface area (Å²) in [7, 11) is 1.31. The van der Waals surface area contributed by atoms with E-state index in [-0.39, 0.29) is 24.8 Å². The fraction of sp³-hybridized carbons (Fsp3) is 0.176. The Kier molecular flexibility index (Phi) is 4.51. The Morgan fingerprint density at radius 1 is 1.21 bits per heavy atom. The average molecular weight is 324 g/mol. The zero-order valence-electron chi connectivity index (χ0n) is 13.1. The number of nitrogens with zero attached hydrogens (tertiary/aromatic N) is 3. The van der Waals surface area contributed by atoms with Crippen LogP contribution in [0.25, 0.3) is 16.9 Å². The summed E-state index contributed by atoms with van der Waals surface area (Å²) in [6.07, 6.45) is 3.23. The average Bonchev–Trinajstić information content (AvgIpc) is 3.06. The van der Waals surface area contributed by atoms with Crippen LogP contribution in [0.5, 0.6) is 0 Å². The summed E-state index contributed by atoms with van der Waals surface area (Å²) >= 11 is 0. The highest BCUT2D eigenvalue weighted by atomic mass is 16.5. The minimum atomic E-state index is -0.375. The summed E-state index contributed by atoms with van der Waals surface area (Å²) in [6, 6.07) is 11.6. The van der Waals surface area contributed by atoms with Crippen molar-refractivity contribution in [2.24, 2.45) is 0 Å². The second-order valence-corrected chi connectivity index (χ2v) is 5.07. The van der Waals surface area contributed by atoms with Crippen molar-refractivity contribution in [1.29, 1.82) is 0 Å². The van der Waals surface area contributed by atoms with Crippen LogP contribution in [0.2, 0.25) is 0 Å². The lowest BCUT2D eigenvalue weighted by atomic mass is 10.1. The quantitative estimate of drug-likeness (QED) is 0.722. The number of ether oxygens (including phenoxy) is 1. The molecule has 2 heterocycles. The number of carbonyl (C=O) groups is 2. The van der Waals surface area contributed by atoms with Gasteiger partial charge in [0.05, 0.1) is 25.4 Å². The molecule has 0 radical (unpaired) electrons. The first-order valence-corrected chi connectivity index (χ1v) is 7.44. The lowest BCUT2D eigenvalue weighted by Crippen LogP contribution is -2.26. The monoisotopic (exact) mass is 324 g/mol. The van der Waals surface area contributed by atoms with Gasteiger partial charge in [-0.15, -0.1) is 0 Å². The second-order valence-electron chi connectivity index (χ2n) is 5.07. The van der Waals surface area contributed by atoms with Crippen molar-refractivity contribution in [3.05, 3.63) is 54.4 Å². The molecule has 3 aromatic rings. The molecule has 0 unspecified atom stereocenters. The first-order chi connectivity index (χ1) is 11.7. The van der Waals surface area contributed by atoms with Gasteiger partial charge in [-0.25, -0.2) is 9.50 Å². The number of esters is 1. The van der Waals surface area contributed by atoms with Gasteiger partial charge in [-0.3, -0.25) is 9.59 Å². The molecule has 0 aliphatic carbocycles. The van der Waals surface area contributed by atoms with Crippen molar-refractivity contribution >= 4 is 17.5 Å². The Bertz CT molecular complexity index is 874. The van der Waals surface area contributed by atoms with Crippen molar-refractivity contribution in [2.75, 3.05) is 13.7 Å². The summed E-state index contributed by atoms with van der Waals surface area (Å²) in [4.78, 5) is 27.6. The largest absolute Gasteiger partial charge is 0.469 e. The van der Waals surface area contributed by atoms with Crippen LogP contribution in [-0.4, -0.2) is 40.1 Å². The smallest absolute Gasteiger partial charge is 0.307 e. The lowest BCUT2D eigenvalue weighted by Gasteiger charge is -2.05. The van der Waals surface area contributed by atoms with Crippen LogP contribution in [0.3, 0.4) is 0 Å². The van der Waals surface area contributed by atoms with E-state index in [2.05, 4.69) is 20.1 Å². The van der Waals surface area contributed by atoms with E-state index in [4.69, 9.17) is 0 Å². The number of aromatic nitrogens is 3. The maximum absolute atomic E-state index is 12.3. The van der Waals surface area contributed by atoms with E-state index in [0.29, 0.717) is 11.2 Å². The zero-order chi connectivity index (χ0) is 16.9. The van der Waals surface area contributed by atoms with Crippen LogP contribution in [0.4, 0.5) is 0 Å². The van der Waals surface area contributed by atoms with Crippen LogP contribution in [0.1, 0.15) is 16.8 Å². The molecule has 0 aliphatic heterocycles. The maximum atomic E-state index is 12.3. The van der Waals surface area contributed by atoms with Crippen LogP contribution < -0.4 is 5.32 Å². The van der Waals surface area contributed by atoms with E-state index in [1.54, 1.807) is 10.7 Å². The molecule has 2 aromatic heterocycles. The van der Waals surface area contributed by atoms with Crippen molar-refractivity contribution < 1.29 is 14.3 Å². The molecule has 0 fully saturated rings. The van der Waals surface area contributed by atoms with E-state index >= 15 is 0 Å². The van der Waals surface area contributed by atoms with E-state index in [1.807, 2.05) is 36.4 Å². The molecule has 0 saturated carbocycles. The number of fused-ring (bicyclic) bond motifs is 1. The van der Waals surface area contributed by atoms with Crippen molar-refractivity contribution in [1.82, 2.24) is 19.9 Å². The Morgan fingerprint density at radius 2 is 2.00 bits per heavy atom. The highest BCUT2D eigenvalue weighted by molar-refractivity contribution is 6.00. The Balaban J connectivity index is 1.86. The highest BCUT2D eigenvalue weighted by Crippen LogP contribution is 2.20. The molecule has 0 spiro atoms. The molecule has 7 heteroatoms. The molecule has 0 aliphatic rings.